The van der Waals surface area contributed by atoms with Crippen molar-refractivity contribution in [1.82, 2.24) is 0 Å². The molecule has 1 aromatic rings. The van der Waals surface area contributed by atoms with E-state index in [2.05, 4.69) is 6.58 Å². The highest BCUT2D eigenvalue weighted by atomic mass is 19.1. The molecule has 2 N–H and O–H groups in total. The normalized spacial score (nSPS) is 9.79. The van der Waals surface area contributed by atoms with Crippen molar-refractivity contribution >= 4 is 11.4 Å². The first-order valence-electron chi connectivity index (χ1n) is 3.48. The number of halogens is 1. The maximum absolute atomic E-state index is 12.9. The Hall–Kier alpha value is -2.11. The highest BCUT2D eigenvalue weighted by Crippen LogP contribution is 2.31. The molecule has 0 aliphatic heterocycles. The van der Waals surface area contributed by atoms with Gasteiger partial charge in [-0.1, -0.05) is 6.58 Å². The van der Waals surface area contributed by atoms with Gasteiger partial charge in [0.1, 0.15) is 5.76 Å². The molecule has 1 rings (SSSR count). The van der Waals surface area contributed by atoms with E-state index in [1.807, 2.05) is 0 Å². The fraction of sp³-hybridized carbons (Fsp3) is 0. The Balaban J connectivity index is 3.43. The zero-order valence-corrected chi connectivity index (χ0v) is 6.90. The number of phenolic OH excluding ortho intramolecular Hbond substituents is 1. The summed E-state index contributed by atoms with van der Waals surface area (Å²) in [6, 6.07) is 1.59. The first-order valence-corrected chi connectivity index (χ1v) is 3.48. The molecule has 0 atom stereocenters. The van der Waals surface area contributed by atoms with E-state index in [1.165, 1.54) is 0 Å². The van der Waals surface area contributed by atoms with Crippen LogP contribution in [0.3, 0.4) is 0 Å². The van der Waals surface area contributed by atoms with Gasteiger partial charge in [0, 0.05) is 11.6 Å². The average molecular weight is 199 g/mol. The summed E-state index contributed by atoms with van der Waals surface area (Å²) in [5, 5.41) is 28.1. The summed E-state index contributed by atoms with van der Waals surface area (Å²) in [6.07, 6.45) is 0. The van der Waals surface area contributed by atoms with Crippen molar-refractivity contribution in [1.29, 1.82) is 0 Å². The van der Waals surface area contributed by atoms with Crippen LogP contribution in [0.15, 0.2) is 18.7 Å². The van der Waals surface area contributed by atoms with Crippen molar-refractivity contribution < 1.29 is 19.5 Å². The van der Waals surface area contributed by atoms with E-state index in [4.69, 9.17) is 10.2 Å². The Bertz CT molecular complexity index is 416. The van der Waals surface area contributed by atoms with Crippen LogP contribution in [0.4, 0.5) is 10.1 Å². The van der Waals surface area contributed by atoms with Gasteiger partial charge in [-0.2, -0.15) is 0 Å². The molecule has 0 saturated carbocycles. The van der Waals surface area contributed by atoms with Crippen molar-refractivity contribution in [2.75, 3.05) is 0 Å². The number of nitro groups is 1. The summed E-state index contributed by atoms with van der Waals surface area (Å²) >= 11 is 0. The van der Waals surface area contributed by atoms with Gasteiger partial charge >= 0.3 is 5.69 Å². The minimum absolute atomic E-state index is 0.146. The third kappa shape index (κ3) is 1.63. The van der Waals surface area contributed by atoms with Crippen LogP contribution in [0.2, 0.25) is 0 Å². The minimum atomic E-state index is -1.18. The van der Waals surface area contributed by atoms with Crippen LogP contribution >= 0.6 is 0 Å². The van der Waals surface area contributed by atoms with Gasteiger partial charge < -0.3 is 10.2 Å². The Morgan fingerprint density at radius 1 is 1.57 bits per heavy atom. The Kier molecular flexibility index (Phi) is 2.37. The molecule has 0 radical (unpaired) electrons. The minimum Gasteiger partial charge on any atom is -0.508 e. The number of hydrogen-bond acceptors (Lipinski definition) is 4. The summed E-state index contributed by atoms with van der Waals surface area (Å²) in [5.74, 6) is -2.74. The number of rotatable bonds is 2. The number of nitrogens with zero attached hydrogens (tertiary/aromatic N) is 1. The van der Waals surface area contributed by atoms with Crippen LogP contribution in [0.25, 0.3) is 5.76 Å². The number of aliphatic hydroxyl groups is 1. The number of aliphatic hydroxyl groups excluding tert-OH is 1. The molecular weight excluding hydrogens is 193 g/mol. The molecule has 0 saturated heterocycles. The maximum atomic E-state index is 12.9. The molecule has 0 aromatic heterocycles. The first-order chi connectivity index (χ1) is 6.43. The lowest BCUT2D eigenvalue weighted by Gasteiger charge is -2.01. The molecular formula is C8H6FNO4. The van der Waals surface area contributed by atoms with Crippen LogP contribution < -0.4 is 0 Å². The number of phenols is 1. The number of aromatic hydroxyl groups is 1. The number of nitro benzene ring substituents is 1. The molecule has 0 amide bonds. The molecule has 0 bridgehead atoms. The van der Waals surface area contributed by atoms with Gasteiger partial charge in [-0.25, -0.2) is 4.39 Å². The molecule has 0 heterocycles. The third-order valence-corrected chi connectivity index (χ3v) is 1.57. The van der Waals surface area contributed by atoms with E-state index in [1.54, 1.807) is 0 Å². The van der Waals surface area contributed by atoms with Gasteiger partial charge in [-0.05, 0) is 6.07 Å². The summed E-state index contributed by atoms with van der Waals surface area (Å²) in [6.45, 7) is 3.08. The molecule has 5 nitrogen and oxygen atoms in total. The highest BCUT2D eigenvalue weighted by molar-refractivity contribution is 5.62. The van der Waals surface area contributed by atoms with Gasteiger partial charge in [0.05, 0.1) is 4.92 Å². The van der Waals surface area contributed by atoms with Gasteiger partial charge in [-0.3, -0.25) is 10.1 Å². The fourth-order valence-electron chi connectivity index (χ4n) is 0.890. The van der Waals surface area contributed by atoms with E-state index in [9.17, 15) is 14.5 Å². The van der Waals surface area contributed by atoms with E-state index in [-0.39, 0.29) is 5.56 Å². The topological polar surface area (TPSA) is 83.6 Å². The van der Waals surface area contributed by atoms with Crippen LogP contribution in [0.1, 0.15) is 5.56 Å². The largest absolute Gasteiger partial charge is 0.508 e. The molecule has 0 unspecified atom stereocenters. The molecule has 0 spiro atoms. The van der Waals surface area contributed by atoms with Gasteiger partial charge in [0.25, 0.3) is 0 Å². The van der Waals surface area contributed by atoms with E-state index >= 15 is 0 Å². The quantitative estimate of drug-likeness (QED) is 0.433. The zero-order chi connectivity index (χ0) is 10.9. The Labute approximate surface area is 77.9 Å². The van der Waals surface area contributed by atoms with Crippen molar-refractivity contribution in [3.05, 3.63) is 40.2 Å². The lowest BCUT2D eigenvalue weighted by atomic mass is 10.1. The monoisotopic (exact) mass is 199 g/mol. The van der Waals surface area contributed by atoms with E-state index < -0.39 is 27.9 Å². The molecule has 1 aromatic carbocycles. The predicted molar refractivity (Wildman–Crippen MR) is 46.4 cm³/mol. The molecule has 0 aliphatic carbocycles. The smallest absolute Gasteiger partial charge is 0.314 e. The van der Waals surface area contributed by atoms with Crippen molar-refractivity contribution in [3.63, 3.8) is 0 Å². The lowest BCUT2D eigenvalue weighted by Crippen LogP contribution is -1.93. The predicted octanol–water partition coefficient (Wildman–Crippen LogP) is 1.97. The second-order valence-electron chi connectivity index (χ2n) is 2.53. The van der Waals surface area contributed by atoms with Crippen molar-refractivity contribution in [2.24, 2.45) is 0 Å². The lowest BCUT2D eigenvalue weighted by molar-refractivity contribution is -0.386. The summed E-state index contributed by atoms with van der Waals surface area (Å²) in [7, 11) is 0. The molecule has 0 aliphatic rings. The maximum Gasteiger partial charge on any atom is 0.314 e. The number of benzene rings is 1. The highest BCUT2D eigenvalue weighted by Gasteiger charge is 2.19. The first kappa shape index (κ1) is 9.97. The van der Waals surface area contributed by atoms with Gasteiger partial charge in [-0.15, -0.1) is 0 Å². The van der Waals surface area contributed by atoms with Crippen molar-refractivity contribution in [3.8, 4) is 5.75 Å². The molecule has 6 heteroatoms. The second-order valence-corrected chi connectivity index (χ2v) is 2.53. The fourth-order valence-corrected chi connectivity index (χ4v) is 0.890. The average Bonchev–Trinajstić information content (AvgIpc) is 2.08. The standard InChI is InChI=1S/C8H6FNO4/c1-4(11)5-2-6(9)8(12)7(3-5)10(13)14/h2-3,11-12H,1H2. The Morgan fingerprint density at radius 3 is 2.57 bits per heavy atom. The van der Waals surface area contributed by atoms with E-state index in [0.717, 1.165) is 12.1 Å². The molecule has 74 valence electrons. The zero-order valence-electron chi connectivity index (χ0n) is 6.90. The molecule has 14 heavy (non-hydrogen) atoms. The third-order valence-electron chi connectivity index (χ3n) is 1.57. The van der Waals surface area contributed by atoms with Crippen LogP contribution in [0, 0.1) is 15.9 Å². The van der Waals surface area contributed by atoms with Crippen LogP contribution in [0.5, 0.6) is 5.75 Å². The SMILES string of the molecule is C=C(O)c1cc(F)c(O)c([N+](=O)[O-])c1. The summed E-state index contributed by atoms with van der Waals surface area (Å²) in [5.41, 5.74) is -0.956. The number of hydrogen-bond donors (Lipinski definition) is 2. The Morgan fingerprint density at radius 2 is 2.14 bits per heavy atom. The second kappa shape index (κ2) is 3.33. The summed E-state index contributed by atoms with van der Waals surface area (Å²) < 4.78 is 12.9. The molecule has 0 fully saturated rings. The van der Waals surface area contributed by atoms with Crippen LogP contribution in [-0.4, -0.2) is 15.1 Å². The summed E-state index contributed by atoms with van der Waals surface area (Å²) in [4.78, 5) is 9.36. The van der Waals surface area contributed by atoms with Gasteiger partial charge in [0.15, 0.2) is 5.82 Å². The van der Waals surface area contributed by atoms with Crippen molar-refractivity contribution in [2.45, 2.75) is 0 Å². The van der Waals surface area contributed by atoms with Crippen LogP contribution in [-0.2, 0) is 0 Å². The van der Waals surface area contributed by atoms with Gasteiger partial charge in [0.2, 0.25) is 5.75 Å². The van der Waals surface area contributed by atoms with E-state index in [0.29, 0.717) is 0 Å².